The molecule has 1 aliphatic carbocycles. The molecule has 1 fully saturated rings. The van der Waals surface area contributed by atoms with E-state index >= 15 is 0 Å². The van der Waals surface area contributed by atoms with Gasteiger partial charge in [-0.3, -0.25) is 0 Å². The predicted molar refractivity (Wildman–Crippen MR) is 86.2 cm³/mol. The molecule has 2 nitrogen and oxygen atoms in total. The molecule has 3 heteroatoms. The Kier molecular flexibility index (Phi) is 4.32. The van der Waals surface area contributed by atoms with Gasteiger partial charge in [0, 0.05) is 29.2 Å². The topological polar surface area (TPSA) is 27.8 Å². The maximum Gasteiger partial charge on any atom is 0.0705 e. The van der Waals surface area contributed by atoms with Crippen LogP contribution in [0.1, 0.15) is 44.7 Å². The highest BCUT2D eigenvalue weighted by Gasteiger charge is 2.23. The second-order valence-corrected chi connectivity index (χ2v) is 6.28. The summed E-state index contributed by atoms with van der Waals surface area (Å²) in [5.74, 6) is 0.826. The van der Waals surface area contributed by atoms with Gasteiger partial charge in [-0.15, -0.1) is 0 Å². The summed E-state index contributed by atoms with van der Waals surface area (Å²) in [7, 11) is 0. The third-order valence-electron chi connectivity index (χ3n) is 4.69. The van der Waals surface area contributed by atoms with Gasteiger partial charge in [0.25, 0.3) is 0 Å². The third-order valence-corrected chi connectivity index (χ3v) is 5.12. The van der Waals surface area contributed by atoms with Crippen LogP contribution in [0.2, 0.25) is 5.02 Å². The van der Waals surface area contributed by atoms with E-state index < -0.39 is 0 Å². The first-order valence-electron chi connectivity index (χ1n) is 7.78. The SMILES string of the molecule is CCC1CCCCC1NCc1[nH]c2ccccc2c1Cl. The van der Waals surface area contributed by atoms with Crippen molar-refractivity contribution in [3.8, 4) is 0 Å². The maximum absolute atomic E-state index is 6.47. The standard InChI is InChI=1S/C17H23ClN2/c1-2-12-7-3-5-9-14(12)19-11-16-17(18)13-8-4-6-10-15(13)20-16/h4,6,8,10,12,14,19-20H,2-3,5,7,9,11H2,1H3. The summed E-state index contributed by atoms with van der Waals surface area (Å²) in [6, 6.07) is 8.89. The molecule has 1 heterocycles. The van der Waals surface area contributed by atoms with Crippen LogP contribution >= 0.6 is 11.6 Å². The molecule has 1 aromatic carbocycles. The normalized spacial score (nSPS) is 23.3. The van der Waals surface area contributed by atoms with E-state index in [-0.39, 0.29) is 0 Å². The molecule has 0 radical (unpaired) electrons. The van der Waals surface area contributed by atoms with Crippen LogP contribution in [0.5, 0.6) is 0 Å². The number of benzene rings is 1. The zero-order chi connectivity index (χ0) is 13.9. The van der Waals surface area contributed by atoms with E-state index in [0.29, 0.717) is 6.04 Å². The molecule has 0 spiro atoms. The van der Waals surface area contributed by atoms with Gasteiger partial charge in [0.15, 0.2) is 0 Å². The fraction of sp³-hybridized carbons (Fsp3) is 0.529. The molecule has 0 saturated heterocycles. The van der Waals surface area contributed by atoms with E-state index in [1.165, 1.54) is 32.1 Å². The van der Waals surface area contributed by atoms with E-state index in [1.54, 1.807) is 0 Å². The molecule has 1 aromatic heterocycles. The monoisotopic (exact) mass is 290 g/mol. The number of hydrogen-bond acceptors (Lipinski definition) is 1. The molecule has 108 valence electrons. The van der Waals surface area contributed by atoms with Gasteiger partial charge in [-0.2, -0.15) is 0 Å². The second-order valence-electron chi connectivity index (χ2n) is 5.90. The van der Waals surface area contributed by atoms with Gasteiger partial charge in [0.2, 0.25) is 0 Å². The molecule has 20 heavy (non-hydrogen) atoms. The van der Waals surface area contributed by atoms with Gasteiger partial charge in [-0.1, -0.05) is 56.0 Å². The Balaban J connectivity index is 1.71. The van der Waals surface area contributed by atoms with Crippen molar-refractivity contribution in [2.45, 2.75) is 51.6 Å². The lowest BCUT2D eigenvalue weighted by Crippen LogP contribution is -2.37. The van der Waals surface area contributed by atoms with Gasteiger partial charge in [0.1, 0.15) is 0 Å². The van der Waals surface area contributed by atoms with Crippen LogP contribution < -0.4 is 5.32 Å². The van der Waals surface area contributed by atoms with Crippen LogP contribution in [-0.2, 0) is 6.54 Å². The highest BCUT2D eigenvalue weighted by Crippen LogP contribution is 2.29. The molecule has 2 atom stereocenters. The molecule has 2 unspecified atom stereocenters. The van der Waals surface area contributed by atoms with E-state index in [1.807, 2.05) is 12.1 Å². The number of nitrogens with one attached hydrogen (secondary N) is 2. The predicted octanol–water partition coefficient (Wildman–Crippen LogP) is 4.88. The summed E-state index contributed by atoms with van der Waals surface area (Å²) in [6.45, 7) is 3.15. The van der Waals surface area contributed by atoms with Crippen molar-refractivity contribution in [3.63, 3.8) is 0 Å². The van der Waals surface area contributed by atoms with Crippen LogP contribution in [0.3, 0.4) is 0 Å². The highest BCUT2D eigenvalue weighted by molar-refractivity contribution is 6.36. The van der Waals surface area contributed by atoms with Gasteiger partial charge in [-0.05, 0) is 24.8 Å². The van der Waals surface area contributed by atoms with Crippen molar-refractivity contribution < 1.29 is 0 Å². The summed E-state index contributed by atoms with van der Waals surface area (Å²) in [6.07, 6.45) is 6.70. The van der Waals surface area contributed by atoms with Crippen molar-refractivity contribution in [2.75, 3.05) is 0 Å². The molecule has 2 aromatic rings. The minimum atomic E-state index is 0.649. The number of rotatable bonds is 4. The lowest BCUT2D eigenvalue weighted by molar-refractivity contribution is 0.254. The fourth-order valence-corrected chi connectivity index (χ4v) is 3.76. The Morgan fingerprint density at radius 1 is 1.25 bits per heavy atom. The van der Waals surface area contributed by atoms with Crippen LogP contribution in [0.15, 0.2) is 24.3 Å². The van der Waals surface area contributed by atoms with E-state index in [0.717, 1.165) is 34.1 Å². The largest absolute Gasteiger partial charge is 0.356 e. The molecule has 0 amide bonds. The number of H-pyrrole nitrogens is 1. The van der Waals surface area contributed by atoms with Crippen molar-refractivity contribution in [2.24, 2.45) is 5.92 Å². The number of halogens is 1. The smallest absolute Gasteiger partial charge is 0.0705 e. The van der Waals surface area contributed by atoms with Crippen LogP contribution in [0, 0.1) is 5.92 Å². The Bertz CT molecular complexity index is 575. The first-order valence-corrected chi connectivity index (χ1v) is 8.16. The van der Waals surface area contributed by atoms with Crippen LogP contribution in [0.25, 0.3) is 10.9 Å². The van der Waals surface area contributed by atoms with Crippen molar-refractivity contribution in [3.05, 3.63) is 35.0 Å². The molecular formula is C17H23ClN2. The summed E-state index contributed by atoms with van der Waals surface area (Å²) in [5, 5.41) is 5.72. The lowest BCUT2D eigenvalue weighted by atomic mass is 9.83. The summed E-state index contributed by atoms with van der Waals surface area (Å²) < 4.78 is 0. The van der Waals surface area contributed by atoms with Crippen LogP contribution in [-0.4, -0.2) is 11.0 Å². The summed E-state index contributed by atoms with van der Waals surface area (Å²) >= 11 is 6.47. The van der Waals surface area contributed by atoms with Gasteiger partial charge < -0.3 is 10.3 Å². The minimum absolute atomic E-state index is 0.649. The number of aromatic amines is 1. The van der Waals surface area contributed by atoms with Crippen molar-refractivity contribution >= 4 is 22.5 Å². The van der Waals surface area contributed by atoms with Crippen molar-refractivity contribution in [1.29, 1.82) is 0 Å². The summed E-state index contributed by atoms with van der Waals surface area (Å²) in [4.78, 5) is 3.44. The molecule has 0 bridgehead atoms. The average molecular weight is 291 g/mol. The molecule has 2 N–H and O–H groups in total. The van der Waals surface area contributed by atoms with E-state index in [4.69, 9.17) is 11.6 Å². The van der Waals surface area contributed by atoms with Crippen molar-refractivity contribution in [1.82, 2.24) is 10.3 Å². The lowest BCUT2D eigenvalue weighted by Gasteiger charge is -2.31. The van der Waals surface area contributed by atoms with Gasteiger partial charge in [-0.25, -0.2) is 0 Å². The van der Waals surface area contributed by atoms with E-state index in [9.17, 15) is 0 Å². The molecule has 3 rings (SSSR count). The molecule has 0 aliphatic heterocycles. The zero-order valence-electron chi connectivity index (χ0n) is 12.1. The number of hydrogen-bond donors (Lipinski definition) is 2. The molecule has 1 saturated carbocycles. The number of fused-ring (bicyclic) bond motifs is 1. The zero-order valence-corrected chi connectivity index (χ0v) is 12.8. The Hall–Kier alpha value is -0.990. The van der Waals surface area contributed by atoms with Crippen LogP contribution in [0.4, 0.5) is 0 Å². The molecular weight excluding hydrogens is 268 g/mol. The quantitative estimate of drug-likeness (QED) is 0.825. The maximum atomic E-state index is 6.47. The minimum Gasteiger partial charge on any atom is -0.356 e. The Morgan fingerprint density at radius 2 is 2.05 bits per heavy atom. The number of aromatic nitrogens is 1. The Labute approximate surface area is 125 Å². The average Bonchev–Trinajstić information content (AvgIpc) is 2.82. The summed E-state index contributed by atoms with van der Waals surface area (Å²) in [5.41, 5.74) is 2.25. The first kappa shape index (κ1) is 14.0. The highest BCUT2D eigenvalue weighted by atomic mass is 35.5. The Morgan fingerprint density at radius 3 is 2.85 bits per heavy atom. The number of para-hydroxylation sites is 1. The van der Waals surface area contributed by atoms with E-state index in [2.05, 4.69) is 29.4 Å². The third kappa shape index (κ3) is 2.72. The van der Waals surface area contributed by atoms with Gasteiger partial charge >= 0.3 is 0 Å². The van der Waals surface area contributed by atoms with Gasteiger partial charge in [0.05, 0.1) is 5.02 Å². The molecule has 1 aliphatic rings. The fourth-order valence-electron chi connectivity index (χ4n) is 3.48. The second kappa shape index (κ2) is 6.19. The first-order chi connectivity index (χ1) is 9.79.